The van der Waals surface area contributed by atoms with Gasteiger partial charge in [0.25, 0.3) is 0 Å². The van der Waals surface area contributed by atoms with Crippen molar-refractivity contribution < 1.29 is 14.4 Å². The monoisotopic (exact) mass is 206 g/mol. The van der Waals surface area contributed by atoms with E-state index in [1.807, 2.05) is 0 Å². The average molecular weight is 206 g/mol. The lowest BCUT2D eigenvalue weighted by Crippen LogP contribution is -1.84. The van der Waals surface area contributed by atoms with E-state index in [9.17, 15) is 5.11 Å². The van der Waals surface area contributed by atoms with Gasteiger partial charge in [-0.25, -0.2) is 0 Å². The van der Waals surface area contributed by atoms with Gasteiger partial charge in [0.05, 0.1) is 7.11 Å². The van der Waals surface area contributed by atoms with Crippen LogP contribution in [0.15, 0.2) is 28.8 Å². The van der Waals surface area contributed by atoms with Gasteiger partial charge in [-0.15, -0.1) is 0 Å². The predicted molar refractivity (Wildman–Crippen MR) is 54.6 cm³/mol. The average Bonchev–Trinajstić information content (AvgIpc) is 2.65. The number of ether oxygens (including phenoxy) is 1. The molecule has 0 atom stereocenters. The van der Waals surface area contributed by atoms with Crippen molar-refractivity contribution in [3.63, 3.8) is 0 Å². The Balaban J connectivity index is 2.51. The summed E-state index contributed by atoms with van der Waals surface area (Å²) in [6.45, 7) is 0. The Bertz CT molecular complexity index is 479. The van der Waals surface area contributed by atoms with Crippen molar-refractivity contribution in [2.45, 2.75) is 0 Å². The Kier molecular flexibility index (Phi) is 2.21. The summed E-state index contributed by atoms with van der Waals surface area (Å²) in [4.78, 5) is 0. The second-order valence-electron chi connectivity index (χ2n) is 3.00. The van der Waals surface area contributed by atoms with E-state index in [0.717, 1.165) is 0 Å². The maximum atomic E-state index is 9.62. The lowest BCUT2D eigenvalue weighted by atomic mass is 10.1. The molecule has 0 radical (unpaired) electrons. The van der Waals surface area contributed by atoms with Crippen LogP contribution in [-0.2, 0) is 0 Å². The topological polar surface area (TPSA) is 81.5 Å². The molecule has 0 unspecified atom stereocenters. The van der Waals surface area contributed by atoms with Crippen LogP contribution in [0.2, 0.25) is 0 Å². The largest absolute Gasteiger partial charge is 0.507 e. The highest BCUT2D eigenvalue weighted by molar-refractivity contribution is 5.69. The number of rotatable bonds is 2. The molecule has 0 aliphatic rings. The number of phenolic OH excluding ortho intramolecular Hbond substituents is 1. The molecular formula is C10H10N2O3. The second kappa shape index (κ2) is 3.53. The van der Waals surface area contributed by atoms with E-state index in [0.29, 0.717) is 17.0 Å². The number of nitrogen functional groups attached to an aromatic ring is 1. The lowest BCUT2D eigenvalue weighted by molar-refractivity contribution is 0.412. The zero-order chi connectivity index (χ0) is 10.8. The third kappa shape index (κ3) is 1.71. The Morgan fingerprint density at radius 1 is 1.40 bits per heavy atom. The molecule has 2 aromatic rings. The molecule has 0 saturated heterocycles. The fourth-order valence-electron chi connectivity index (χ4n) is 1.26. The Morgan fingerprint density at radius 3 is 2.80 bits per heavy atom. The predicted octanol–water partition coefficient (Wildman–Crippen LogP) is 1.64. The van der Waals surface area contributed by atoms with Crippen molar-refractivity contribution in [1.29, 1.82) is 0 Å². The van der Waals surface area contributed by atoms with Gasteiger partial charge in [-0.3, -0.25) is 0 Å². The maximum absolute atomic E-state index is 9.62. The zero-order valence-electron chi connectivity index (χ0n) is 8.10. The molecule has 5 nitrogen and oxygen atoms in total. The summed E-state index contributed by atoms with van der Waals surface area (Å²) in [5.74, 6) is 0.931. The molecule has 1 aromatic heterocycles. The summed E-state index contributed by atoms with van der Waals surface area (Å²) in [7, 11) is 1.55. The van der Waals surface area contributed by atoms with Crippen LogP contribution < -0.4 is 10.5 Å². The summed E-state index contributed by atoms with van der Waals surface area (Å²) in [5.41, 5.74) is 6.39. The van der Waals surface area contributed by atoms with Crippen molar-refractivity contribution in [2.24, 2.45) is 0 Å². The van der Waals surface area contributed by atoms with Crippen molar-refractivity contribution >= 4 is 5.88 Å². The van der Waals surface area contributed by atoms with Crippen molar-refractivity contribution in [1.82, 2.24) is 5.16 Å². The molecule has 0 aliphatic heterocycles. The molecule has 3 N–H and O–H groups in total. The summed E-state index contributed by atoms with van der Waals surface area (Å²) < 4.78 is 9.76. The van der Waals surface area contributed by atoms with E-state index in [-0.39, 0.29) is 11.6 Å². The SMILES string of the molecule is COc1ccc(O)c(-c2cc(N)on2)c1. The third-order valence-electron chi connectivity index (χ3n) is 2.01. The summed E-state index contributed by atoms with van der Waals surface area (Å²) in [6.07, 6.45) is 0. The third-order valence-corrected chi connectivity index (χ3v) is 2.01. The van der Waals surface area contributed by atoms with Crippen LogP contribution in [0.25, 0.3) is 11.3 Å². The molecule has 0 aliphatic carbocycles. The van der Waals surface area contributed by atoms with Gasteiger partial charge in [0, 0.05) is 11.6 Å². The fourth-order valence-corrected chi connectivity index (χ4v) is 1.26. The first kappa shape index (κ1) is 9.39. The molecule has 78 valence electrons. The molecule has 1 heterocycles. The standard InChI is InChI=1S/C10H10N2O3/c1-14-6-2-3-9(13)7(4-6)8-5-10(11)15-12-8/h2-5,13H,11H2,1H3. The highest BCUT2D eigenvalue weighted by atomic mass is 16.5. The summed E-state index contributed by atoms with van der Waals surface area (Å²) in [6, 6.07) is 6.38. The highest BCUT2D eigenvalue weighted by Crippen LogP contribution is 2.32. The van der Waals surface area contributed by atoms with Crippen LogP contribution in [-0.4, -0.2) is 17.4 Å². The highest BCUT2D eigenvalue weighted by Gasteiger charge is 2.10. The molecule has 0 amide bonds. The Hall–Kier alpha value is -2.17. The minimum atomic E-state index is 0.101. The Labute approximate surface area is 86.1 Å². The van der Waals surface area contributed by atoms with Crippen LogP contribution >= 0.6 is 0 Å². The molecule has 0 bridgehead atoms. The minimum Gasteiger partial charge on any atom is -0.507 e. The van der Waals surface area contributed by atoms with E-state index in [4.69, 9.17) is 15.0 Å². The number of nitrogens with zero attached hydrogens (tertiary/aromatic N) is 1. The molecule has 0 spiro atoms. The number of anilines is 1. The van der Waals surface area contributed by atoms with Crippen LogP contribution in [0.5, 0.6) is 11.5 Å². The van der Waals surface area contributed by atoms with E-state index in [1.165, 1.54) is 12.1 Å². The van der Waals surface area contributed by atoms with E-state index < -0.39 is 0 Å². The number of aromatic nitrogens is 1. The molecule has 1 aromatic carbocycles. The van der Waals surface area contributed by atoms with Gasteiger partial charge in [-0.2, -0.15) is 0 Å². The Morgan fingerprint density at radius 2 is 2.20 bits per heavy atom. The van der Waals surface area contributed by atoms with E-state index in [2.05, 4.69) is 5.16 Å². The van der Waals surface area contributed by atoms with Crippen molar-refractivity contribution in [3.8, 4) is 22.8 Å². The van der Waals surface area contributed by atoms with E-state index in [1.54, 1.807) is 19.2 Å². The van der Waals surface area contributed by atoms with Gasteiger partial charge < -0.3 is 20.1 Å². The first-order valence-corrected chi connectivity index (χ1v) is 4.30. The maximum Gasteiger partial charge on any atom is 0.222 e. The van der Waals surface area contributed by atoms with Gasteiger partial charge >= 0.3 is 0 Å². The number of benzene rings is 1. The van der Waals surface area contributed by atoms with Crippen molar-refractivity contribution in [3.05, 3.63) is 24.3 Å². The molecule has 5 heteroatoms. The normalized spacial score (nSPS) is 10.2. The molecule has 0 saturated carbocycles. The minimum absolute atomic E-state index is 0.101. The van der Waals surface area contributed by atoms with Gasteiger partial charge in [0.2, 0.25) is 5.88 Å². The number of hydrogen-bond acceptors (Lipinski definition) is 5. The number of methoxy groups -OCH3 is 1. The van der Waals surface area contributed by atoms with Gasteiger partial charge in [0.1, 0.15) is 17.2 Å². The van der Waals surface area contributed by atoms with Gasteiger partial charge in [0.15, 0.2) is 0 Å². The first-order valence-electron chi connectivity index (χ1n) is 4.30. The molecule has 0 fully saturated rings. The number of phenols is 1. The van der Waals surface area contributed by atoms with Crippen molar-refractivity contribution in [2.75, 3.05) is 12.8 Å². The smallest absolute Gasteiger partial charge is 0.222 e. The summed E-state index contributed by atoms with van der Waals surface area (Å²) in [5, 5.41) is 13.3. The van der Waals surface area contributed by atoms with Gasteiger partial charge in [-0.1, -0.05) is 5.16 Å². The second-order valence-corrected chi connectivity index (χ2v) is 3.00. The van der Waals surface area contributed by atoms with Crippen LogP contribution in [0.1, 0.15) is 0 Å². The molecular weight excluding hydrogens is 196 g/mol. The van der Waals surface area contributed by atoms with Crippen LogP contribution in [0, 0.1) is 0 Å². The molecule has 2 rings (SSSR count). The number of aromatic hydroxyl groups is 1. The molecule has 15 heavy (non-hydrogen) atoms. The lowest BCUT2D eigenvalue weighted by Gasteiger charge is -2.03. The zero-order valence-corrected chi connectivity index (χ0v) is 8.10. The number of hydrogen-bond donors (Lipinski definition) is 2. The number of nitrogens with two attached hydrogens (primary N) is 1. The quantitative estimate of drug-likeness (QED) is 0.780. The first-order chi connectivity index (χ1) is 7.20. The fraction of sp³-hybridized carbons (Fsp3) is 0.100. The van der Waals surface area contributed by atoms with E-state index >= 15 is 0 Å². The van der Waals surface area contributed by atoms with Crippen LogP contribution in [0.4, 0.5) is 5.88 Å². The van der Waals surface area contributed by atoms with Gasteiger partial charge in [-0.05, 0) is 18.2 Å². The summed E-state index contributed by atoms with van der Waals surface area (Å²) >= 11 is 0. The van der Waals surface area contributed by atoms with Crippen LogP contribution in [0.3, 0.4) is 0 Å².